The van der Waals surface area contributed by atoms with Gasteiger partial charge in [0.1, 0.15) is 12.7 Å². The first kappa shape index (κ1) is 70.7. The summed E-state index contributed by atoms with van der Waals surface area (Å²) in [5, 5.41) is 9.81. The number of hydrogen-bond acceptors (Lipinski definition) is 10. The van der Waals surface area contributed by atoms with Crippen LogP contribution in [0.3, 0.4) is 0 Å². The molecule has 0 aromatic carbocycles. The van der Waals surface area contributed by atoms with Crippen LogP contribution in [0.1, 0.15) is 252 Å². The summed E-state index contributed by atoms with van der Waals surface area (Å²) in [6.07, 6.45) is 63.9. The second-order valence-electron chi connectivity index (χ2n) is 19.4. The van der Waals surface area contributed by atoms with E-state index in [9.17, 15) is 28.9 Å². The smallest absolute Gasteiger partial charge is 0.462 e. The van der Waals surface area contributed by atoms with Crippen LogP contribution >= 0.6 is 7.82 Å². The molecule has 0 rings (SSSR count). The number of aliphatic hydroxyl groups is 1. The third-order valence-corrected chi connectivity index (χ3v) is 13.3. The van der Waals surface area contributed by atoms with E-state index in [1.165, 1.54) is 57.8 Å². The van der Waals surface area contributed by atoms with Gasteiger partial charge >= 0.3 is 25.7 Å². The first-order chi connectivity index (χ1) is 36.2. The molecule has 0 fully saturated rings. The number of carbonyl (C=O) groups is 3. The van der Waals surface area contributed by atoms with Crippen LogP contribution in [0.2, 0.25) is 0 Å². The number of phosphoric acid groups is 1. The predicted molar refractivity (Wildman–Crippen MR) is 307 cm³/mol. The van der Waals surface area contributed by atoms with E-state index in [0.717, 1.165) is 135 Å². The zero-order valence-electron chi connectivity index (χ0n) is 47.0. The van der Waals surface area contributed by atoms with Gasteiger partial charge in [-0.2, -0.15) is 0 Å². The Morgan fingerprint density at radius 3 is 1.08 bits per heavy atom. The summed E-state index contributed by atoms with van der Waals surface area (Å²) < 4.78 is 39.5. The van der Waals surface area contributed by atoms with E-state index in [0.29, 0.717) is 19.3 Å². The summed E-state index contributed by atoms with van der Waals surface area (Å²) in [4.78, 5) is 48.6. The third kappa shape index (κ3) is 53.5. The van der Waals surface area contributed by atoms with Gasteiger partial charge in [0.25, 0.3) is 0 Å². The monoisotopic (exact) mass is 1060 g/mol. The summed E-state index contributed by atoms with van der Waals surface area (Å²) in [6, 6.07) is 0. The molecule has 3 atom stereocenters. The molecule has 0 aliphatic carbocycles. The van der Waals surface area contributed by atoms with Gasteiger partial charge in [0.15, 0.2) is 6.10 Å². The van der Waals surface area contributed by atoms with E-state index in [4.69, 9.17) is 23.3 Å². The van der Waals surface area contributed by atoms with E-state index in [-0.39, 0.29) is 25.9 Å². The molecule has 0 bridgehead atoms. The molecule has 0 aliphatic heterocycles. The first-order valence-corrected chi connectivity index (χ1v) is 31.0. The van der Waals surface area contributed by atoms with Crippen molar-refractivity contribution < 1.29 is 52.2 Å². The SMILES string of the molecule is CC/C=C\C/C=C\C/C=C\C/C=C\CCCCCCCCC(=O)OCC(COP(=O)(O)OCC(CO)OC(=O)CCCCCCCCCCCCCCC)OC(=O)CCCCCCC/C=C\C/C=C\C/C=C\CC. The fourth-order valence-electron chi connectivity index (χ4n) is 7.89. The number of hydrogen-bond donors (Lipinski definition) is 2. The Bertz CT molecular complexity index is 1560. The maximum atomic E-state index is 12.9. The highest BCUT2D eigenvalue weighted by Crippen LogP contribution is 2.43. The van der Waals surface area contributed by atoms with Crippen LogP contribution in [0.5, 0.6) is 0 Å². The van der Waals surface area contributed by atoms with Gasteiger partial charge in [-0.05, 0) is 89.9 Å². The molecule has 0 heterocycles. The molecular formula is C62H107O11P. The molecule has 0 aromatic rings. The average Bonchev–Trinajstić information content (AvgIpc) is 3.39. The van der Waals surface area contributed by atoms with Crippen molar-refractivity contribution in [1.82, 2.24) is 0 Å². The average molecular weight is 1060 g/mol. The quantitative estimate of drug-likeness (QED) is 0.0197. The number of esters is 3. The van der Waals surface area contributed by atoms with E-state index in [1.54, 1.807) is 0 Å². The lowest BCUT2D eigenvalue weighted by atomic mass is 10.0. The van der Waals surface area contributed by atoms with Gasteiger partial charge in [-0.15, -0.1) is 0 Å². The van der Waals surface area contributed by atoms with Crippen LogP contribution in [0, 0.1) is 0 Å². The van der Waals surface area contributed by atoms with Crippen LogP contribution in [-0.2, 0) is 42.2 Å². The van der Waals surface area contributed by atoms with E-state index in [2.05, 4.69) is 106 Å². The molecule has 2 N–H and O–H groups in total. The van der Waals surface area contributed by atoms with Crippen molar-refractivity contribution in [3.05, 3.63) is 85.1 Å². The topological polar surface area (TPSA) is 155 Å². The summed E-state index contributed by atoms with van der Waals surface area (Å²) in [5.41, 5.74) is 0. The van der Waals surface area contributed by atoms with E-state index in [1.807, 2.05) is 0 Å². The zero-order valence-corrected chi connectivity index (χ0v) is 47.9. The number of carbonyl (C=O) groups excluding carboxylic acids is 3. The van der Waals surface area contributed by atoms with Crippen molar-refractivity contribution in [3.63, 3.8) is 0 Å². The highest BCUT2D eigenvalue weighted by molar-refractivity contribution is 7.47. The Hall–Kier alpha value is -3.34. The summed E-state index contributed by atoms with van der Waals surface area (Å²) in [6.45, 7) is 4.40. The van der Waals surface area contributed by atoms with Gasteiger partial charge in [-0.3, -0.25) is 23.4 Å². The number of phosphoric ester groups is 1. The van der Waals surface area contributed by atoms with Gasteiger partial charge in [-0.25, -0.2) is 4.57 Å². The molecule has 74 heavy (non-hydrogen) atoms. The van der Waals surface area contributed by atoms with Crippen molar-refractivity contribution in [3.8, 4) is 0 Å². The molecule has 0 aromatic heterocycles. The minimum absolute atomic E-state index is 0.143. The van der Waals surface area contributed by atoms with Crippen LogP contribution in [0.15, 0.2) is 85.1 Å². The Morgan fingerprint density at radius 2 is 0.703 bits per heavy atom. The van der Waals surface area contributed by atoms with Crippen LogP contribution in [0.25, 0.3) is 0 Å². The fraction of sp³-hybridized carbons (Fsp3) is 0.726. The van der Waals surface area contributed by atoms with Crippen molar-refractivity contribution in [1.29, 1.82) is 0 Å². The minimum atomic E-state index is -4.76. The molecule has 0 radical (unpaired) electrons. The number of ether oxygens (including phenoxy) is 3. The molecule has 3 unspecified atom stereocenters. The normalized spacial score (nSPS) is 14.0. The van der Waals surface area contributed by atoms with Crippen molar-refractivity contribution in [2.45, 2.75) is 264 Å². The molecule has 426 valence electrons. The lowest BCUT2D eigenvalue weighted by Gasteiger charge is -2.21. The third-order valence-electron chi connectivity index (χ3n) is 12.3. The molecule has 0 spiro atoms. The van der Waals surface area contributed by atoms with E-state index < -0.39 is 57.8 Å². The van der Waals surface area contributed by atoms with E-state index >= 15 is 0 Å². The molecule has 11 nitrogen and oxygen atoms in total. The highest BCUT2D eigenvalue weighted by Gasteiger charge is 2.28. The second kappa shape index (κ2) is 55.9. The Kier molecular flexibility index (Phi) is 53.4. The number of aliphatic hydroxyl groups excluding tert-OH is 1. The van der Waals surface area contributed by atoms with Gasteiger partial charge in [0.05, 0.1) is 19.8 Å². The van der Waals surface area contributed by atoms with Crippen LogP contribution in [-0.4, -0.2) is 66.5 Å². The second-order valence-corrected chi connectivity index (χ2v) is 20.9. The lowest BCUT2D eigenvalue weighted by molar-refractivity contribution is -0.161. The number of rotatable bonds is 54. The Labute approximate surface area is 451 Å². The van der Waals surface area contributed by atoms with Crippen molar-refractivity contribution in [2.24, 2.45) is 0 Å². The Morgan fingerprint density at radius 1 is 0.392 bits per heavy atom. The minimum Gasteiger partial charge on any atom is -0.462 e. The van der Waals surface area contributed by atoms with Crippen LogP contribution < -0.4 is 0 Å². The first-order valence-electron chi connectivity index (χ1n) is 29.5. The highest BCUT2D eigenvalue weighted by atomic mass is 31.2. The fourth-order valence-corrected chi connectivity index (χ4v) is 8.68. The van der Waals surface area contributed by atoms with Crippen LogP contribution in [0.4, 0.5) is 0 Å². The summed E-state index contributed by atoms with van der Waals surface area (Å²) in [7, 11) is -4.76. The van der Waals surface area contributed by atoms with Crippen molar-refractivity contribution >= 4 is 25.7 Å². The summed E-state index contributed by atoms with van der Waals surface area (Å²) >= 11 is 0. The van der Waals surface area contributed by atoms with Gasteiger partial charge in [0, 0.05) is 19.3 Å². The molecule has 12 heteroatoms. The van der Waals surface area contributed by atoms with Crippen molar-refractivity contribution in [2.75, 3.05) is 26.4 Å². The predicted octanol–water partition coefficient (Wildman–Crippen LogP) is 17.5. The lowest BCUT2D eigenvalue weighted by Crippen LogP contribution is -2.30. The molecule has 0 aliphatic rings. The molecule has 0 saturated heterocycles. The van der Waals surface area contributed by atoms with Gasteiger partial charge in [0.2, 0.25) is 0 Å². The number of unbranched alkanes of at least 4 members (excludes halogenated alkanes) is 23. The van der Waals surface area contributed by atoms with Gasteiger partial charge in [-0.1, -0.05) is 228 Å². The number of allylic oxidation sites excluding steroid dienone is 14. The molecule has 0 amide bonds. The largest absolute Gasteiger partial charge is 0.472 e. The summed E-state index contributed by atoms with van der Waals surface area (Å²) in [5.74, 6) is -1.50. The maximum Gasteiger partial charge on any atom is 0.472 e. The Balaban J connectivity index is 4.76. The standard InChI is InChI=1S/C62H107O11P/c1-4-7-10-13-16-19-22-25-27-28-29-30-32-34-36-39-42-45-48-51-60(64)69-55-59(73-62(66)53-50-47-44-41-38-35-31-26-23-20-17-14-11-8-5-2)57-71-74(67,68)70-56-58(54-63)72-61(65)52-49-46-43-40-37-33-24-21-18-15-12-9-6-3/h7-8,10-11,16-17,19-20,25-27,29-31,58-59,63H,4-6,9,12-15,18,21-24,28,32-57H2,1-3H3,(H,67,68)/b10-7-,11-8-,19-16-,20-17-,27-25-,30-29-,31-26-. The van der Waals surface area contributed by atoms with Gasteiger partial charge < -0.3 is 24.2 Å². The molecule has 0 saturated carbocycles. The maximum absolute atomic E-state index is 12.9. The zero-order chi connectivity index (χ0) is 54.1. The molecular weight excluding hydrogens is 952 g/mol.